The van der Waals surface area contributed by atoms with Gasteiger partial charge in [0.25, 0.3) is 0 Å². The van der Waals surface area contributed by atoms with Crippen molar-refractivity contribution in [2.45, 2.75) is 25.4 Å². The number of hydrogen-bond acceptors (Lipinski definition) is 6. The third kappa shape index (κ3) is 3.54. The molecule has 0 unspecified atom stereocenters. The number of rotatable bonds is 5. The van der Waals surface area contributed by atoms with Gasteiger partial charge < -0.3 is 10.1 Å². The molecule has 1 aliphatic heterocycles. The Hall–Kier alpha value is -2.15. The van der Waals surface area contributed by atoms with Crippen molar-refractivity contribution in [1.29, 1.82) is 0 Å². The molecule has 0 atom stereocenters. The van der Waals surface area contributed by atoms with Crippen molar-refractivity contribution in [3.8, 4) is 5.88 Å². The predicted octanol–water partition coefficient (Wildman–Crippen LogP) is 1.30. The van der Waals surface area contributed by atoms with Crippen molar-refractivity contribution < 1.29 is 4.74 Å². The van der Waals surface area contributed by atoms with Crippen LogP contribution in [0.1, 0.15) is 18.5 Å². The average Bonchev–Trinajstić information content (AvgIpc) is 2.94. The predicted molar refractivity (Wildman–Crippen MR) is 83.7 cm³/mol. The number of nitrogens with zero attached hydrogens (tertiary/aromatic N) is 5. The van der Waals surface area contributed by atoms with E-state index in [1.165, 1.54) is 12.0 Å². The van der Waals surface area contributed by atoms with E-state index in [4.69, 9.17) is 4.74 Å². The van der Waals surface area contributed by atoms with Crippen molar-refractivity contribution in [2.24, 2.45) is 7.05 Å². The van der Waals surface area contributed by atoms with Crippen LogP contribution in [-0.4, -0.2) is 50.9 Å². The number of likely N-dealkylation sites (tertiary alicyclic amines) is 1. The minimum atomic E-state index is 0.447. The zero-order valence-corrected chi connectivity index (χ0v) is 13.1. The molecule has 0 radical (unpaired) electrons. The molecular formula is C15H22N6O. The molecule has 22 heavy (non-hydrogen) atoms. The first-order chi connectivity index (χ1) is 10.7. The van der Waals surface area contributed by atoms with Gasteiger partial charge in [-0.1, -0.05) is 0 Å². The van der Waals surface area contributed by atoms with E-state index in [-0.39, 0.29) is 0 Å². The second kappa shape index (κ2) is 6.74. The van der Waals surface area contributed by atoms with Crippen LogP contribution in [0.3, 0.4) is 0 Å². The molecule has 118 valence electrons. The van der Waals surface area contributed by atoms with Crippen molar-refractivity contribution >= 4 is 5.82 Å². The fourth-order valence-corrected chi connectivity index (χ4v) is 2.76. The number of ether oxygens (including phenoxy) is 1. The van der Waals surface area contributed by atoms with E-state index in [9.17, 15) is 0 Å². The molecule has 0 spiro atoms. The Labute approximate surface area is 130 Å². The number of aryl methyl sites for hydroxylation is 1. The molecule has 2 aromatic rings. The van der Waals surface area contributed by atoms with E-state index < -0.39 is 0 Å². The third-order valence-electron chi connectivity index (χ3n) is 4.10. The monoisotopic (exact) mass is 302 g/mol. The van der Waals surface area contributed by atoms with Gasteiger partial charge in [0.2, 0.25) is 5.88 Å². The fraction of sp³-hybridized carbons (Fsp3) is 0.533. The lowest BCUT2D eigenvalue weighted by Gasteiger charge is -2.32. The molecule has 0 amide bonds. The summed E-state index contributed by atoms with van der Waals surface area (Å²) in [5, 5.41) is 7.69. The third-order valence-corrected chi connectivity index (χ3v) is 4.10. The zero-order valence-electron chi connectivity index (χ0n) is 13.1. The maximum Gasteiger partial charge on any atom is 0.218 e. The van der Waals surface area contributed by atoms with Gasteiger partial charge in [-0.15, -0.1) is 0 Å². The number of aromatic nitrogens is 4. The van der Waals surface area contributed by atoms with Crippen LogP contribution in [0.15, 0.2) is 24.7 Å². The standard InChI is InChI=1S/C15H22N6O/c1-20-13(3-6-18-20)10-21-7-4-12(5-8-21)19-14-9-15(22-2)17-11-16-14/h3,6,9,11-12H,4-5,7-8,10H2,1-2H3,(H,16,17,19). The highest BCUT2D eigenvalue weighted by Crippen LogP contribution is 2.18. The normalized spacial score (nSPS) is 16.6. The minimum Gasteiger partial charge on any atom is -0.481 e. The largest absolute Gasteiger partial charge is 0.481 e. The van der Waals surface area contributed by atoms with E-state index >= 15 is 0 Å². The van der Waals surface area contributed by atoms with Crippen LogP contribution in [0.5, 0.6) is 5.88 Å². The molecule has 1 N–H and O–H groups in total. The molecular weight excluding hydrogens is 280 g/mol. The molecule has 3 rings (SSSR count). The van der Waals surface area contributed by atoms with Crippen LogP contribution in [0, 0.1) is 0 Å². The first kappa shape index (κ1) is 14.8. The summed E-state index contributed by atoms with van der Waals surface area (Å²) in [4.78, 5) is 10.7. The van der Waals surface area contributed by atoms with Gasteiger partial charge >= 0.3 is 0 Å². The quantitative estimate of drug-likeness (QED) is 0.898. The number of anilines is 1. The van der Waals surface area contributed by atoms with Gasteiger partial charge in [0.1, 0.15) is 12.1 Å². The molecule has 1 saturated heterocycles. The second-order valence-corrected chi connectivity index (χ2v) is 5.59. The summed E-state index contributed by atoms with van der Waals surface area (Å²) >= 11 is 0. The van der Waals surface area contributed by atoms with Gasteiger partial charge in [0.05, 0.1) is 12.8 Å². The average molecular weight is 302 g/mol. The van der Waals surface area contributed by atoms with E-state index in [0.717, 1.165) is 38.3 Å². The summed E-state index contributed by atoms with van der Waals surface area (Å²) in [7, 11) is 3.61. The van der Waals surface area contributed by atoms with Gasteiger partial charge in [-0.25, -0.2) is 9.97 Å². The summed E-state index contributed by atoms with van der Waals surface area (Å²) in [6.07, 6.45) is 5.58. The molecule has 2 aromatic heterocycles. The summed E-state index contributed by atoms with van der Waals surface area (Å²) in [5.74, 6) is 1.42. The Morgan fingerprint density at radius 3 is 2.82 bits per heavy atom. The molecule has 7 heteroatoms. The zero-order chi connectivity index (χ0) is 15.4. The Morgan fingerprint density at radius 1 is 1.32 bits per heavy atom. The number of nitrogens with one attached hydrogen (secondary N) is 1. The Bertz CT molecular complexity index is 606. The summed E-state index contributed by atoms with van der Waals surface area (Å²) in [6.45, 7) is 3.11. The SMILES string of the molecule is COc1cc(NC2CCN(Cc3ccnn3C)CC2)ncn1. The second-order valence-electron chi connectivity index (χ2n) is 5.59. The topological polar surface area (TPSA) is 68.1 Å². The molecule has 0 saturated carbocycles. The number of piperidine rings is 1. The van der Waals surface area contributed by atoms with Gasteiger partial charge in [0, 0.05) is 45.0 Å². The fourth-order valence-electron chi connectivity index (χ4n) is 2.76. The summed E-state index contributed by atoms with van der Waals surface area (Å²) in [6, 6.07) is 4.36. The number of hydrogen-bond donors (Lipinski definition) is 1. The molecule has 3 heterocycles. The molecule has 1 fully saturated rings. The van der Waals surface area contributed by atoms with E-state index in [2.05, 4.69) is 31.3 Å². The minimum absolute atomic E-state index is 0.447. The lowest BCUT2D eigenvalue weighted by Crippen LogP contribution is -2.39. The Kier molecular flexibility index (Phi) is 4.53. The summed E-state index contributed by atoms with van der Waals surface area (Å²) < 4.78 is 7.07. The maximum atomic E-state index is 5.12. The molecule has 7 nitrogen and oxygen atoms in total. The lowest BCUT2D eigenvalue weighted by atomic mass is 10.0. The van der Waals surface area contributed by atoms with Gasteiger partial charge in [0.15, 0.2) is 0 Å². The van der Waals surface area contributed by atoms with Crippen LogP contribution in [-0.2, 0) is 13.6 Å². The smallest absolute Gasteiger partial charge is 0.218 e. The van der Waals surface area contributed by atoms with Crippen LogP contribution >= 0.6 is 0 Å². The first-order valence-corrected chi connectivity index (χ1v) is 7.56. The highest BCUT2D eigenvalue weighted by molar-refractivity contribution is 5.38. The Balaban J connectivity index is 1.50. The van der Waals surface area contributed by atoms with E-state index in [0.29, 0.717) is 11.9 Å². The van der Waals surface area contributed by atoms with E-state index in [1.54, 1.807) is 7.11 Å². The van der Waals surface area contributed by atoms with Crippen LogP contribution in [0.4, 0.5) is 5.82 Å². The maximum absolute atomic E-state index is 5.12. The van der Waals surface area contributed by atoms with E-state index in [1.807, 2.05) is 24.0 Å². The van der Waals surface area contributed by atoms with Gasteiger partial charge in [-0.2, -0.15) is 5.10 Å². The van der Waals surface area contributed by atoms with Crippen molar-refractivity contribution in [1.82, 2.24) is 24.6 Å². The molecule has 0 bridgehead atoms. The van der Waals surface area contributed by atoms with Gasteiger partial charge in [-0.05, 0) is 18.9 Å². The highest BCUT2D eigenvalue weighted by Gasteiger charge is 2.20. The molecule has 0 aromatic carbocycles. The highest BCUT2D eigenvalue weighted by atomic mass is 16.5. The first-order valence-electron chi connectivity index (χ1n) is 7.56. The van der Waals surface area contributed by atoms with Crippen molar-refractivity contribution in [3.63, 3.8) is 0 Å². The lowest BCUT2D eigenvalue weighted by molar-refractivity contribution is 0.206. The summed E-state index contributed by atoms with van der Waals surface area (Å²) in [5.41, 5.74) is 1.26. The van der Waals surface area contributed by atoms with Gasteiger partial charge in [-0.3, -0.25) is 9.58 Å². The van der Waals surface area contributed by atoms with Crippen LogP contribution in [0.25, 0.3) is 0 Å². The van der Waals surface area contributed by atoms with Crippen molar-refractivity contribution in [3.05, 3.63) is 30.4 Å². The van der Waals surface area contributed by atoms with Crippen LogP contribution < -0.4 is 10.1 Å². The Morgan fingerprint density at radius 2 is 2.14 bits per heavy atom. The molecule has 0 aliphatic carbocycles. The van der Waals surface area contributed by atoms with Crippen molar-refractivity contribution in [2.75, 3.05) is 25.5 Å². The molecule has 1 aliphatic rings. The number of methoxy groups -OCH3 is 1. The van der Waals surface area contributed by atoms with Crippen LogP contribution in [0.2, 0.25) is 0 Å².